The summed E-state index contributed by atoms with van der Waals surface area (Å²) < 4.78 is 4.12. The molecule has 0 aliphatic rings. The van der Waals surface area contributed by atoms with E-state index in [1.807, 2.05) is 0 Å². The standard InChI is InChI=1S/C15H22N4S/c1-9-6-10(2)8-11(7-9)12(17-16)13-14(15(3,4)5)18-19-20-13/h6-8,12,17H,16H2,1-5H3. The first-order valence-electron chi connectivity index (χ1n) is 6.70. The zero-order valence-corrected chi connectivity index (χ0v) is 13.5. The molecule has 1 unspecified atom stereocenters. The number of hydrogen-bond donors (Lipinski definition) is 2. The highest BCUT2D eigenvalue weighted by Gasteiger charge is 2.27. The van der Waals surface area contributed by atoms with E-state index in [-0.39, 0.29) is 11.5 Å². The van der Waals surface area contributed by atoms with Crippen molar-refractivity contribution in [2.45, 2.75) is 46.1 Å². The third-order valence-corrected chi connectivity index (χ3v) is 4.02. The van der Waals surface area contributed by atoms with Crippen LogP contribution in [0.2, 0.25) is 0 Å². The lowest BCUT2D eigenvalue weighted by Crippen LogP contribution is -2.30. The van der Waals surface area contributed by atoms with Crippen LogP contribution < -0.4 is 11.3 Å². The normalized spacial score (nSPS) is 13.5. The third-order valence-electron chi connectivity index (χ3n) is 3.23. The third kappa shape index (κ3) is 3.06. The zero-order valence-electron chi connectivity index (χ0n) is 12.7. The molecule has 0 fully saturated rings. The molecule has 5 heteroatoms. The van der Waals surface area contributed by atoms with E-state index in [0.29, 0.717) is 0 Å². The molecule has 0 aliphatic carbocycles. The van der Waals surface area contributed by atoms with Crippen molar-refractivity contribution in [3.63, 3.8) is 0 Å². The van der Waals surface area contributed by atoms with Crippen LogP contribution in [0.5, 0.6) is 0 Å². The molecule has 0 amide bonds. The number of benzene rings is 1. The molecule has 0 spiro atoms. The molecule has 2 aromatic rings. The van der Waals surface area contributed by atoms with Gasteiger partial charge in [-0.2, -0.15) is 0 Å². The van der Waals surface area contributed by atoms with E-state index in [0.717, 1.165) is 16.1 Å². The van der Waals surface area contributed by atoms with Crippen molar-refractivity contribution in [3.8, 4) is 0 Å². The van der Waals surface area contributed by atoms with Gasteiger partial charge in [0.05, 0.1) is 16.6 Å². The van der Waals surface area contributed by atoms with Crippen molar-refractivity contribution >= 4 is 11.5 Å². The largest absolute Gasteiger partial charge is 0.271 e. The lowest BCUT2D eigenvalue weighted by atomic mass is 9.88. The highest BCUT2D eigenvalue weighted by molar-refractivity contribution is 7.05. The Hall–Kier alpha value is -1.30. The van der Waals surface area contributed by atoms with Crippen LogP contribution in [0.4, 0.5) is 0 Å². The van der Waals surface area contributed by atoms with E-state index in [1.165, 1.54) is 22.7 Å². The van der Waals surface area contributed by atoms with Crippen LogP contribution in [0.3, 0.4) is 0 Å². The Labute approximate surface area is 124 Å². The van der Waals surface area contributed by atoms with Gasteiger partial charge in [0.15, 0.2) is 0 Å². The van der Waals surface area contributed by atoms with Crippen molar-refractivity contribution in [1.29, 1.82) is 0 Å². The molecule has 0 bridgehead atoms. The van der Waals surface area contributed by atoms with E-state index < -0.39 is 0 Å². The number of aryl methyl sites for hydroxylation is 2. The molecule has 0 aliphatic heterocycles. The van der Waals surface area contributed by atoms with Crippen molar-refractivity contribution in [2.75, 3.05) is 0 Å². The molecule has 0 radical (unpaired) electrons. The molecule has 1 aromatic heterocycles. The van der Waals surface area contributed by atoms with E-state index in [1.54, 1.807) is 0 Å². The molecular weight excluding hydrogens is 268 g/mol. The summed E-state index contributed by atoms with van der Waals surface area (Å²) in [7, 11) is 0. The Balaban J connectivity index is 2.50. The first-order chi connectivity index (χ1) is 9.32. The predicted octanol–water partition coefficient (Wildman–Crippen LogP) is 3.01. The zero-order chi connectivity index (χ0) is 14.9. The van der Waals surface area contributed by atoms with Crippen LogP contribution in [-0.4, -0.2) is 9.59 Å². The van der Waals surface area contributed by atoms with Crippen molar-refractivity contribution in [2.24, 2.45) is 5.84 Å². The predicted molar refractivity (Wildman–Crippen MR) is 83.7 cm³/mol. The van der Waals surface area contributed by atoms with Gasteiger partial charge in [0.1, 0.15) is 0 Å². The summed E-state index contributed by atoms with van der Waals surface area (Å²) >= 11 is 1.41. The van der Waals surface area contributed by atoms with Crippen LogP contribution in [0.25, 0.3) is 0 Å². The molecule has 1 aromatic carbocycles. The Bertz CT molecular complexity index is 578. The summed E-state index contributed by atoms with van der Waals surface area (Å²) in [6.45, 7) is 10.6. The topological polar surface area (TPSA) is 63.8 Å². The summed E-state index contributed by atoms with van der Waals surface area (Å²) in [6.07, 6.45) is 0. The van der Waals surface area contributed by atoms with E-state index >= 15 is 0 Å². The maximum absolute atomic E-state index is 5.81. The Kier molecular flexibility index (Phi) is 4.22. The minimum absolute atomic E-state index is 0.0453. The van der Waals surface area contributed by atoms with Gasteiger partial charge in [-0.05, 0) is 30.9 Å². The minimum atomic E-state index is -0.0668. The van der Waals surface area contributed by atoms with Gasteiger partial charge in [0.25, 0.3) is 0 Å². The van der Waals surface area contributed by atoms with Gasteiger partial charge in [-0.1, -0.05) is 54.6 Å². The summed E-state index contributed by atoms with van der Waals surface area (Å²) in [5.74, 6) is 5.81. The van der Waals surface area contributed by atoms with Gasteiger partial charge >= 0.3 is 0 Å². The molecule has 1 heterocycles. The van der Waals surface area contributed by atoms with Crippen molar-refractivity contribution in [1.82, 2.24) is 15.0 Å². The molecule has 0 saturated carbocycles. The van der Waals surface area contributed by atoms with Crippen LogP contribution in [0.15, 0.2) is 18.2 Å². The fourth-order valence-electron chi connectivity index (χ4n) is 2.41. The number of nitrogens with one attached hydrogen (secondary N) is 1. The SMILES string of the molecule is Cc1cc(C)cc(C(NN)c2snnc2C(C)(C)C)c1. The van der Waals surface area contributed by atoms with Gasteiger partial charge in [-0.25, -0.2) is 5.43 Å². The summed E-state index contributed by atoms with van der Waals surface area (Å²) in [5.41, 5.74) is 7.49. The van der Waals surface area contributed by atoms with E-state index in [9.17, 15) is 0 Å². The minimum Gasteiger partial charge on any atom is -0.271 e. The average molecular weight is 290 g/mol. The van der Waals surface area contributed by atoms with Crippen molar-refractivity contribution < 1.29 is 0 Å². The van der Waals surface area contributed by atoms with Crippen LogP contribution in [0, 0.1) is 13.8 Å². The highest BCUT2D eigenvalue weighted by Crippen LogP contribution is 2.33. The maximum Gasteiger partial charge on any atom is 0.0861 e. The van der Waals surface area contributed by atoms with Gasteiger partial charge in [0, 0.05) is 5.41 Å². The highest BCUT2D eigenvalue weighted by atomic mass is 32.1. The molecule has 4 nitrogen and oxygen atoms in total. The summed E-state index contributed by atoms with van der Waals surface area (Å²) in [5, 5.41) is 4.30. The maximum atomic E-state index is 5.81. The molecule has 0 saturated heterocycles. The number of hydrogen-bond acceptors (Lipinski definition) is 5. The molecule has 20 heavy (non-hydrogen) atoms. The molecule has 3 N–H and O–H groups in total. The molecule has 2 rings (SSSR count). The first kappa shape index (κ1) is 15.1. The second kappa shape index (κ2) is 5.60. The fourth-order valence-corrected chi connectivity index (χ4v) is 3.36. The Morgan fingerprint density at radius 1 is 1.15 bits per heavy atom. The smallest absolute Gasteiger partial charge is 0.0861 e. The molecular formula is C15H22N4S. The van der Waals surface area contributed by atoms with Gasteiger partial charge in [-0.15, -0.1) is 5.10 Å². The second-order valence-electron chi connectivity index (χ2n) is 6.26. The first-order valence-corrected chi connectivity index (χ1v) is 7.47. The van der Waals surface area contributed by atoms with Crippen molar-refractivity contribution in [3.05, 3.63) is 45.5 Å². The number of hydrazine groups is 1. The Morgan fingerprint density at radius 2 is 1.75 bits per heavy atom. The van der Waals surface area contributed by atoms with Gasteiger partial charge in [0.2, 0.25) is 0 Å². The summed E-state index contributed by atoms with van der Waals surface area (Å²) in [6, 6.07) is 6.41. The quantitative estimate of drug-likeness (QED) is 0.674. The lowest BCUT2D eigenvalue weighted by Gasteiger charge is -2.22. The number of aromatic nitrogens is 2. The van der Waals surface area contributed by atoms with Crippen LogP contribution in [-0.2, 0) is 5.41 Å². The van der Waals surface area contributed by atoms with E-state index in [2.05, 4.69) is 67.8 Å². The summed E-state index contributed by atoms with van der Waals surface area (Å²) in [4.78, 5) is 1.09. The lowest BCUT2D eigenvalue weighted by molar-refractivity contribution is 0.543. The average Bonchev–Trinajstić information content (AvgIpc) is 2.77. The number of nitrogens with two attached hydrogens (primary N) is 1. The van der Waals surface area contributed by atoms with Gasteiger partial charge < -0.3 is 0 Å². The van der Waals surface area contributed by atoms with Gasteiger partial charge in [-0.3, -0.25) is 5.84 Å². The monoisotopic (exact) mass is 290 g/mol. The fraction of sp³-hybridized carbons (Fsp3) is 0.467. The number of nitrogens with zero attached hydrogens (tertiary/aromatic N) is 2. The second-order valence-corrected chi connectivity index (χ2v) is 7.04. The number of rotatable bonds is 3. The molecule has 1 atom stereocenters. The van der Waals surface area contributed by atoms with E-state index in [4.69, 9.17) is 5.84 Å². The van der Waals surface area contributed by atoms with Crippen LogP contribution in [0.1, 0.15) is 54.1 Å². The Morgan fingerprint density at radius 3 is 2.25 bits per heavy atom. The van der Waals surface area contributed by atoms with Crippen LogP contribution >= 0.6 is 11.5 Å². The molecule has 108 valence electrons.